The Bertz CT molecular complexity index is 1050. The SMILES string of the molecule is CC1(C)CN(CC2=CC(=O)N3N=C(c4ccccc4)NC3N2)c2cccc(Br)c21. The molecule has 29 heavy (non-hydrogen) atoms. The van der Waals surface area contributed by atoms with Crippen LogP contribution in [-0.2, 0) is 10.2 Å². The Morgan fingerprint density at radius 3 is 2.72 bits per heavy atom. The molecule has 1 atom stereocenters. The van der Waals surface area contributed by atoms with E-state index in [-0.39, 0.29) is 17.6 Å². The number of hydrogen-bond acceptors (Lipinski definition) is 5. The van der Waals surface area contributed by atoms with E-state index in [9.17, 15) is 4.79 Å². The second-order valence-electron chi connectivity index (χ2n) is 8.23. The first-order valence-electron chi connectivity index (χ1n) is 9.67. The summed E-state index contributed by atoms with van der Waals surface area (Å²) < 4.78 is 1.13. The van der Waals surface area contributed by atoms with Gasteiger partial charge in [0.2, 0.25) is 6.29 Å². The summed E-state index contributed by atoms with van der Waals surface area (Å²) in [5.74, 6) is 0.581. The zero-order valence-electron chi connectivity index (χ0n) is 16.3. The summed E-state index contributed by atoms with van der Waals surface area (Å²) in [7, 11) is 0. The van der Waals surface area contributed by atoms with Crippen LogP contribution in [0.2, 0.25) is 0 Å². The average molecular weight is 452 g/mol. The van der Waals surface area contributed by atoms with Crippen molar-refractivity contribution in [2.75, 3.05) is 18.0 Å². The van der Waals surface area contributed by atoms with Gasteiger partial charge in [-0.1, -0.05) is 66.2 Å². The highest BCUT2D eigenvalue weighted by atomic mass is 79.9. The number of halogens is 1. The van der Waals surface area contributed by atoms with Crippen LogP contribution >= 0.6 is 15.9 Å². The van der Waals surface area contributed by atoms with Crippen LogP contribution < -0.4 is 15.5 Å². The van der Waals surface area contributed by atoms with Gasteiger partial charge in [-0.25, -0.2) is 0 Å². The number of nitrogens with zero attached hydrogens (tertiary/aromatic N) is 3. The summed E-state index contributed by atoms with van der Waals surface area (Å²) in [6.45, 7) is 6.05. The number of hydrazone groups is 1. The number of carbonyl (C=O) groups excluding carboxylic acids is 1. The molecule has 1 amide bonds. The molecular weight excluding hydrogens is 430 g/mol. The van der Waals surface area contributed by atoms with Crippen LogP contribution in [0.1, 0.15) is 25.0 Å². The van der Waals surface area contributed by atoms with Crippen LogP contribution in [0, 0.1) is 0 Å². The molecule has 0 spiro atoms. The average Bonchev–Trinajstić information content (AvgIpc) is 3.23. The Labute approximate surface area is 178 Å². The van der Waals surface area contributed by atoms with Crippen molar-refractivity contribution in [2.45, 2.75) is 25.6 Å². The van der Waals surface area contributed by atoms with Gasteiger partial charge in [-0.15, -0.1) is 5.10 Å². The largest absolute Gasteiger partial charge is 0.365 e. The zero-order valence-corrected chi connectivity index (χ0v) is 17.9. The Hall–Kier alpha value is -2.80. The fraction of sp³-hybridized carbons (Fsp3) is 0.273. The van der Waals surface area contributed by atoms with Gasteiger partial charge < -0.3 is 15.5 Å². The van der Waals surface area contributed by atoms with Gasteiger partial charge in [0, 0.05) is 39.5 Å². The molecule has 6 nitrogen and oxygen atoms in total. The number of benzene rings is 2. The van der Waals surface area contributed by atoms with Gasteiger partial charge in [-0.2, -0.15) is 5.01 Å². The van der Waals surface area contributed by atoms with E-state index in [0.717, 1.165) is 22.3 Å². The van der Waals surface area contributed by atoms with Gasteiger partial charge >= 0.3 is 0 Å². The Morgan fingerprint density at radius 2 is 1.93 bits per heavy atom. The molecule has 1 unspecified atom stereocenters. The summed E-state index contributed by atoms with van der Waals surface area (Å²) in [6.07, 6.45) is 1.29. The van der Waals surface area contributed by atoms with Crippen molar-refractivity contribution in [2.24, 2.45) is 5.10 Å². The van der Waals surface area contributed by atoms with E-state index in [1.54, 1.807) is 6.08 Å². The van der Waals surface area contributed by atoms with Gasteiger partial charge in [0.25, 0.3) is 5.91 Å². The predicted octanol–water partition coefficient (Wildman–Crippen LogP) is 3.11. The minimum Gasteiger partial charge on any atom is -0.365 e. The molecule has 0 radical (unpaired) electrons. The topological polar surface area (TPSA) is 60.0 Å². The van der Waals surface area contributed by atoms with Crippen LogP contribution in [0.25, 0.3) is 0 Å². The highest BCUT2D eigenvalue weighted by Crippen LogP contribution is 2.44. The van der Waals surface area contributed by atoms with E-state index in [2.05, 4.69) is 68.6 Å². The molecule has 0 saturated heterocycles. The van der Waals surface area contributed by atoms with Crippen molar-refractivity contribution >= 4 is 33.4 Å². The van der Waals surface area contributed by atoms with Crippen molar-refractivity contribution in [3.63, 3.8) is 0 Å². The molecule has 5 rings (SSSR count). The lowest BCUT2D eigenvalue weighted by molar-refractivity contribution is -0.129. The maximum atomic E-state index is 12.7. The standard InChI is InChI=1S/C22H22BrN5O/c1-22(2)13-27(17-10-6-9-16(23)19(17)22)12-15-11-18(29)28-21(24-15)25-20(26-28)14-7-4-3-5-8-14/h3-11,21,24H,12-13H2,1-2H3,(H,25,26). The summed E-state index contributed by atoms with van der Waals surface area (Å²) in [5, 5.41) is 12.7. The maximum absolute atomic E-state index is 12.7. The van der Waals surface area contributed by atoms with Crippen LogP contribution in [0.3, 0.4) is 0 Å². The predicted molar refractivity (Wildman–Crippen MR) is 117 cm³/mol. The van der Waals surface area contributed by atoms with Crippen LogP contribution in [0.5, 0.6) is 0 Å². The number of amidine groups is 1. The van der Waals surface area contributed by atoms with E-state index in [0.29, 0.717) is 12.4 Å². The lowest BCUT2D eigenvalue weighted by Gasteiger charge is -2.31. The molecule has 2 aromatic carbocycles. The lowest BCUT2D eigenvalue weighted by atomic mass is 9.87. The van der Waals surface area contributed by atoms with Gasteiger partial charge in [0.15, 0.2) is 5.84 Å². The van der Waals surface area contributed by atoms with Crippen LogP contribution in [0.4, 0.5) is 5.69 Å². The summed E-state index contributed by atoms with van der Waals surface area (Å²) in [6, 6.07) is 16.1. The van der Waals surface area contributed by atoms with E-state index < -0.39 is 0 Å². The maximum Gasteiger partial charge on any atom is 0.272 e. The van der Waals surface area contributed by atoms with Gasteiger partial charge in [-0.05, 0) is 17.7 Å². The second-order valence-corrected chi connectivity index (χ2v) is 9.09. The molecular formula is C22H22BrN5O. The number of hydrogen-bond donors (Lipinski definition) is 2. The third-order valence-electron chi connectivity index (χ3n) is 5.58. The molecule has 0 aromatic heterocycles. The van der Waals surface area contributed by atoms with Crippen molar-refractivity contribution in [1.82, 2.24) is 15.6 Å². The van der Waals surface area contributed by atoms with Crippen LogP contribution in [0.15, 0.2) is 69.9 Å². The smallest absolute Gasteiger partial charge is 0.272 e. The molecule has 7 heteroatoms. The first-order valence-corrected chi connectivity index (χ1v) is 10.5. The Balaban J connectivity index is 1.35. The van der Waals surface area contributed by atoms with Gasteiger partial charge in [0.1, 0.15) is 0 Å². The minimum absolute atomic E-state index is 0.0376. The molecule has 3 aliphatic rings. The molecule has 0 bridgehead atoms. The fourth-order valence-corrected chi connectivity index (χ4v) is 5.25. The fourth-order valence-electron chi connectivity index (χ4n) is 4.35. The van der Waals surface area contributed by atoms with E-state index in [4.69, 9.17) is 0 Å². The third kappa shape index (κ3) is 3.09. The summed E-state index contributed by atoms with van der Waals surface area (Å²) >= 11 is 3.71. The number of rotatable bonds is 3. The molecule has 0 fully saturated rings. The highest BCUT2D eigenvalue weighted by Gasteiger charge is 2.39. The molecule has 0 saturated carbocycles. The van der Waals surface area contributed by atoms with E-state index in [1.165, 1.54) is 16.3 Å². The molecule has 148 valence electrons. The number of fused-ring (bicyclic) bond motifs is 2. The van der Waals surface area contributed by atoms with Crippen molar-refractivity contribution in [3.8, 4) is 0 Å². The first-order chi connectivity index (χ1) is 13.9. The molecule has 3 heterocycles. The minimum atomic E-state index is -0.365. The van der Waals surface area contributed by atoms with Gasteiger partial charge in [-0.3, -0.25) is 4.79 Å². The molecule has 2 N–H and O–H groups in total. The number of amides is 1. The molecule has 3 aliphatic heterocycles. The van der Waals surface area contributed by atoms with Crippen molar-refractivity contribution in [1.29, 1.82) is 0 Å². The van der Waals surface area contributed by atoms with Gasteiger partial charge in [0.05, 0.1) is 6.54 Å². The lowest BCUT2D eigenvalue weighted by Crippen LogP contribution is -2.54. The molecule has 0 aliphatic carbocycles. The first kappa shape index (κ1) is 18.2. The zero-order chi connectivity index (χ0) is 20.2. The Kier molecular flexibility index (Phi) is 4.17. The van der Waals surface area contributed by atoms with Crippen molar-refractivity contribution in [3.05, 3.63) is 75.9 Å². The van der Waals surface area contributed by atoms with E-state index >= 15 is 0 Å². The number of carbonyl (C=O) groups is 1. The molecule has 2 aromatic rings. The summed E-state index contributed by atoms with van der Waals surface area (Å²) in [4.78, 5) is 15.0. The number of nitrogens with one attached hydrogen (secondary N) is 2. The van der Waals surface area contributed by atoms with E-state index in [1.807, 2.05) is 30.3 Å². The number of anilines is 1. The second kappa shape index (κ2) is 6.62. The van der Waals surface area contributed by atoms with Crippen LogP contribution in [-0.4, -0.2) is 36.1 Å². The van der Waals surface area contributed by atoms with Crippen molar-refractivity contribution < 1.29 is 4.79 Å². The Morgan fingerprint density at radius 1 is 1.14 bits per heavy atom. The highest BCUT2D eigenvalue weighted by molar-refractivity contribution is 9.10. The monoisotopic (exact) mass is 451 g/mol. The third-order valence-corrected chi connectivity index (χ3v) is 6.24. The normalized spacial score (nSPS) is 21.8. The summed E-state index contributed by atoms with van der Waals surface area (Å²) in [5.41, 5.74) is 4.41. The quantitative estimate of drug-likeness (QED) is 0.752.